The van der Waals surface area contributed by atoms with E-state index in [-0.39, 0.29) is 54.7 Å². The first kappa shape index (κ1) is 54.8. The molecule has 13 nitrogen and oxygen atoms in total. The van der Waals surface area contributed by atoms with Gasteiger partial charge in [-0.2, -0.15) is 0 Å². The quantitative estimate of drug-likeness (QED) is 0.0455. The van der Waals surface area contributed by atoms with E-state index < -0.39 is 76.0 Å². The predicted octanol–water partition coefficient (Wildman–Crippen LogP) is 10.4. The third kappa shape index (κ3) is 12.7. The number of esters is 1. The number of carbonyl (C=O) groups excluding carboxylic acids is 2. The van der Waals surface area contributed by atoms with Crippen molar-refractivity contribution >= 4 is 56.8 Å². The highest BCUT2D eigenvalue weighted by Crippen LogP contribution is 2.55. The molecule has 2 aromatic carbocycles. The lowest BCUT2D eigenvalue weighted by atomic mass is 9.92. The Bertz CT molecular complexity index is 2490. The van der Waals surface area contributed by atoms with E-state index in [0.29, 0.717) is 5.57 Å². The summed E-state index contributed by atoms with van der Waals surface area (Å²) >= 11 is 7.07. The zero-order valence-electron chi connectivity index (χ0n) is 42.9. The van der Waals surface area contributed by atoms with Crippen molar-refractivity contribution in [3.63, 3.8) is 0 Å². The van der Waals surface area contributed by atoms with E-state index in [1.807, 2.05) is 24.3 Å². The van der Waals surface area contributed by atoms with Gasteiger partial charge in [0.05, 0.1) is 31.4 Å². The van der Waals surface area contributed by atoms with Crippen LogP contribution in [0, 0.1) is 24.2 Å². The van der Waals surface area contributed by atoms with Crippen LogP contribution in [0.15, 0.2) is 94.3 Å². The number of benzene rings is 2. The number of carbonyl (C=O) groups is 2. The number of terminal acetylenes is 1. The summed E-state index contributed by atoms with van der Waals surface area (Å²) in [7, 11) is -3.75. The number of epoxide rings is 1. The second-order valence-corrected chi connectivity index (χ2v) is 30.4. The Morgan fingerprint density at radius 1 is 1.03 bits per heavy atom. The lowest BCUT2D eigenvalue weighted by Crippen LogP contribution is -2.58. The number of rotatable bonds is 15. The van der Waals surface area contributed by atoms with E-state index in [0.717, 1.165) is 34.5 Å². The van der Waals surface area contributed by atoms with Gasteiger partial charge < -0.3 is 47.3 Å². The number of aliphatic imine (C=N–C) groups is 1. The Morgan fingerprint density at radius 2 is 1.73 bits per heavy atom. The summed E-state index contributed by atoms with van der Waals surface area (Å²) in [4.78, 5) is 32.5. The van der Waals surface area contributed by atoms with Crippen LogP contribution in [0.1, 0.15) is 74.3 Å². The van der Waals surface area contributed by atoms with Crippen molar-refractivity contribution in [2.75, 3.05) is 27.1 Å². The smallest absolute Gasteiger partial charge is 0.408 e. The maximum Gasteiger partial charge on any atom is 0.408 e. The number of cyclic esters (lactones) is 1. The highest BCUT2D eigenvalue weighted by Gasteiger charge is 2.70. The highest BCUT2D eigenvalue weighted by molar-refractivity contribution is 6.74. The van der Waals surface area contributed by atoms with Gasteiger partial charge in [-0.15, -0.1) is 6.42 Å². The fraction of sp³-hybridized carbons (Fsp3) is 0.537. The molecule has 378 valence electrons. The Labute approximate surface area is 421 Å². The molecular weight excluding hydrogens is 944 g/mol. The van der Waals surface area contributed by atoms with Crippen molar-refractivity contribution in [3.05, 3.63) is 94.9 Å². The minimum Gasteiger partial charge on any atom is -0.480 e. The number of hydrogen-bond acceptors (Lipinski definition) is 12. The zero-order valence-corrected chi connectivity index (χ0v) is 45.6. The van der Waals surface area contributed by atoms with Gasteiger partial charge in [-0.05, 0) is 97.7 Å². The second kappa shape index (κ2) is 22.5. The molecule has 1 spiro atoms. The lowest BCUT2D eigenvalue weighted by Gasteiger charge is -2.43. The zero-order chi connectivity index (χ0) is 51.1. The number of allylic oxidation sites excluding steroid dienone is 3. The van der Waals surface area contributed by atoms with E-state index in [1.54, 1.807) is 45.1 Å². The van der Waals surface area contributed by atoms with E-state index in [1.165, 1.54) is 7.11 Å². The minimum absolute atomic E-state index is 0.0495. The molecule has 4 aliphatic rings. The van der Waals surface area contributed by atoms with E-state index >= 15 is 0 Å². The summed E-state index contributed by atoms with van der Waals surface area (Å²) in [6.45, 7) is 21.9. The molecule has 4 bridgehead atoms. The summed E-state index contributed by atoms with van der Waals surface area (Å²) in [6.07, 6.45) is 10.3. The summed E-state index contributed by atoms with van der Waals surface area (Å²) in [6, 6.07) is 15.5. The highest BCUT2D eigenvalue weighted by atomic mass is 35.5. The van der Waals surface area contributed by atoms with Crippen LogP contribution in [0.4, 0.5) is 4.79 Å². The van der Waals surface area contributed by atoms with Crippen LogP contribution in [0.3, 0.4) is 0 Å². The van der Waals surface area contributed by atoms with E-state index in [2.05, 4.69) is 102 Å². The first-order chi connectivity index (χ1) is 33.1. The lowest BCUT2D eigenvalue weighted by molar-refractivity contribution is -0.176. The van der Waals surface area contributed by atoms with Crippen LogP contribution in [-0.2, 0) is 53.4 Å². The van der Waals surface area contributed by atoms with E-state index in [4.69, 9.17) is 65.0 Å². The van der Waals surface area contributed by atoms with Crippen LogP contribution in [0.25, 0.3) is 10.8 Å². The number of alkyl carbamates (subject to hydrolysis) is 1. The molecule has 6 rings (SSSR count). The van der Waals surface area contributed by atoms with Crippen LogP contribution in [0.5, 0.6) is 0 Å². The van der Waals surface area contributed by atoms with Crippen molar-refractivity contribution in [1.29, 1.82) is 0 Å². The molecule has 1 unspecified atom stereocenters. The van der Waals surface area contributed by atoms with Gasteiger partial charge in [0.1, 0.15) is 37.3 Å². The third-order valence-electron chi connectivity index (χ3n) is 13.7. The number of halogens is 1. The molecule has 0 saturated carbocycles. The molecule has 1 amide bonds. The van der Waals surface area contributed by atoms with Crippen molar-refractivity contribution in [1.82, 2.24) is 5.32 Å². The van der Waals surface area contributed by atoms with Gasteiger partial charge in [-0.3, -0.25) is 4.79 Å². The second-order valence-electron chi connectivity index (χ2n) is 20.6. The molecule has 3 aliphatic heterocycles. The monoisotopic (exact) mass is 1010 g/mol. The summed E-state index contributed by atoms with van der Waals surface area (Å²) in [5.74, 6) is 9.41. The maximum atomic E-state index is 14.3. The molecule has 16 heteroatoms. The molecule has 1 fully saturated rings. The first-order valence-corrected chi connectivity index (χ1v) is 30.0. The van der Waals surface area contributed by atoms with Gasteiger partial charge >= 0.3 is 12.1 Å². The predicted molar refractivity (Wildman–Crippen MR) is 278 cm³/mol. The molecule has 7 atom stereocenters. The van der Waals surface area contributed by atoms with Crippen molar-refractivity contribution in [2.45, 2.75) is 159 Å². The van der Waals surface area contributed by atoms with Crippen LogP contribution < -0.4 is 5.32 Å². The Morgan fingerprint density at radius 3 is 2.37 bits per heavy atom. The fourth-order valence-electron chi connectivity index (χ4n) is 8.45. The molecule has 2 aromatic rings. The number of methoxy groups -OCH3 is 1. The van der Waals surface area contributed by atoms with Gasteiger partial charge in [0, 0.05) is 12.7 Å². The van der Waals surface area contributed by atoms with Crippen molar-refractivity contribution < 1.29 is 51.6 Å². The number of hydrogen-bond donors (Lipinski definition) is 1. The van der Waals surface area contributed by atoms with Crippen LogP contribution >= 0.6 is 11.6 Å². The van der Waals surface area contributed by atoms with Crippen molar-refractivity contribution in [3.8, 4) is 24.2 Å². The van der Waals surface area contributed by atoms with Gasteiger partial charge in [-0.25, -0.2) is 9.79 Å². The number of fused-ring (bicyclic) bond motifs is 4. The Kier molecular flexibility index (Phi) is 17.6. The largest absolute Gasteiger partial charge is 0.480 e. The average Bonchev–Trinajstić information content (AvgIpc) is 3.97. The fourth-order valence-corrected chi connectivity index (χ4v) is 12.9. The van der Waals surface area contributed by atoms with Gasteiger partial charge in [0.25, 0.3) is 0 Å². The number of nitrogens with one attached hydrogen (secondary N) is 1. The normalized spacial score (nSPS) is 28.9. The topological polar surface area (TPSA) is 145 Å². The summed E-state index contributed by atoms with van der Waals surface area (Å²) in [5.41, 5.74) is -1.96. The number of nitrogens with zero attached hydrogens (tertiary/aromatic N) is 1. The Hall–Kier alpha value is -4.53. The molecular formula is C54H71ClN2O11Si2. The molecule has 0 aromatic heterocycles. The van der Waals surface area contributed by atoms with Gasteiger partial charge in [-0.1, -0.05) is 119 Å². The van der Waals surface area contributed by atoms with Crippen molar-refractivity contribution in [2.24, 2.45) is 4.99 Å². The summed E-state index contributed by atoms with van der Waals surface area (Å²) < 4.78 is 58.9. The Balaban J connectivity index is 1.58. The average molecular weight is 1020 g/mol. The molecule has 0 radical (unpaired) electrons. The van der Waals surface area contributed by atoms with Crippen LogP contribution in [0.2, 0.25) is 36.3 Å². The minimum atomic E-state index is -2.66. The standard InChI is InChI=1S/C54H71ClN2O11Si2/c1-14-45-54(65-45)40-28-29-53(68-70(15-2,16-3)17-4,35-61-33-37-26-27-38-22-18-19-23-39(38)30-37)46(63-36-60-11)34-62-47(58)32-42(57-50(59)66-51(5,6)7)41-24-20-21-25-43(49(55)56-41)64-44(31-40)48(54)67-69(12,13)52(8,9)10/h1,18-27,30-31,42,44-46,48H,15-17,32-36H2,2-13H3,(H,57,59)/b21-20?,24-20-,25-21-,41-24?,43-25?,49-43+,56-41+,56-49?/t42-,44+,45+,46-,48?,53+,54-/m1/s1. The van der Waals surface area contributed by atoms with E-state index in [9.17, 15) is 9.59 Å². The SMILES string of the molecule is C#C[C@@H]1O[C@]12C1=C[C@H](OC3=C(Cl)/N=C(\C=C/C=C\3)[C@H](NC(=O)OC(C)(C)C)CC(=O)OC[C@@H](OCOC)[C@](COCc3ccc4ccccc4c3)(O[Si](CC)(CC)CC)C#C1)C2O[Si](C)(C)C(C)(C)C. The summed E-state index contributed by atoms with van der Waals surface area (Å²) in [5, 5.41) is 4.73. The van der Waals surface area contributed by atoms with Gasteiger partial charge in [0.2, 0.25) is 0 Å². The molecule has 1 N–H and O–H groups in total. The maximum absolute atomic E-state index is 14.3. The van der Waals surface area contributed by atoms with Gasteiger partial charge in [0.15, 0.2) is 44.9 Å². The molecule has 1 aliphatic carbocycles. The first-order valence-electron chi connectivity index (χ1n) is 24.1. The number of ether oxygens (including phenoxy) is 7. The molecule has 70 heavy (non-hydrogen) atoms. The number of amides is 1. The third-order valence-corrected chi connectivity index (χ3v) is 23.1. The molecule has 1 saturated heterocycles. The van der Waals surface area contributed by atoms with Crippen LogP contribution in [-0.4, -0.2) is 109 Å². The molecule has 3 heterocycles.